The van der Waals surface area contributed by atoms with Gasteiger partial charge in [-0.05, 0) is 54.8 Å². The molecule has 192 valence electrons. The molecule has 0 radical (unpaired) electrons. The monoisotopic (exact) mass is 491 g/mol. The number of nitrogens with one attached hydrogen (secondary N) is 2. The van der Waals surface area contributed by atoms with Crippen LogP contribution in [0.15, 0.2) is 54.6 Å². The fourth-order valence-corrected chi connectivity index (χ4v) is 3.70. The van der Waals surface area contributed by atoms with Gasteiger partial charge < -0.3 is 20.3 Å². The van der Waals surface area contributed by atoms with Crippen LogP contribution in [0.3, 0.4) is 0 Å². The van der Waals surface area contributed by atoms with E-state index in [4.69, 9.17) is 9.84 Å². The number of benzene rings is 2. The Morgan fingerprint density at radius 1 is 1.06 bits per heavy atom. The highest BCUT2D eigenvalue weighted by Crippen LogP contribution is 2.27. The molecule has 3 rings (SSSR count). The van der Waals surface area contributed by atoms with Crippen molar-refractivity contribution in [3.63, 3.8) is 0 Å². The fourth-order valence-electron chi connectivity index (χ4n) is 3.70. The number of methoxy groups -OCH3 is 1. The lowest BCUT2D eigenvalue weighted by atomic mass is 9.92. The molecule has 3 amide bonds. The number of urea groups is 1. The highest BCUT2D eigenvalue weighted by molar-refractivity contribution is 5.96. The third-order valence-electron chi connectivity index (χ3n) is 5.54. The van der Waals surface area contributed by atoms with Crippen LogP contribution in [0.1, 0.15) is 45.9 Å². The molecule has 0 saturated heterocycles. The second-order valence-electron chi connectivity index (χ2n) is 10.4. The third-order valence-corrected chi connectivity index (χ3v) is 5.54. The zero-order chi connectivity index (χ0) is 26.5. The van der Waals surface area contributed by atoms with E-state index in [2.05, 4.69) is 31.4 Å². The molecule has 2 aromatic carbocycles. The average molecular weight is 492 g/mol. The van der Waals surface area contributed by atoms with E-state index < -0.39 is 0 Å². The van der Waals surface area contributed by atoms with Crippen LogP contribution >= 0.6 is 0 Å². The standard InChI is InChI=1S/C28H37N5O3/c1-19(2)17-32(27(35)29-21-10-8-9-20(3)15-21)18-26(34)30-25-16-24(28(4,5)6)31-33(25)22-11-13-23(36-7)14-12-22/h8-16,19H,17-18H2,1-7H3,(H,29,35)(H,30,34). The van der Waals surface area contributed by atoms with Gasteiger partial charge in [-0.3, -0.25) is 4.79 Å². The Kier molecular flexibility index (Phi) is 8.40. The first-order chi connectivity index (χ1) is 17.0. The van der Waals surface area contributed by atoms with Gasteiger partial charge in [-0.15, -0.1) is 0 Å². The van der Waals surface area contributed by atoms with E-state index in [1.165, 1.54) is 4.90 Å². The number of hydrogen-bond donors (Lipinski definition) is 2. The summed E-state index contributed by atoms with van der Waals surface area (Å²) in [4.78, 5) is 27.7. The molecule has 3 aromatic rings. The smallest absolute Gasteiger partial charge is 0.322 e. The molecular weight excluding hydrogens is 454 g/mol. The van der Waals surface area contributed by atoms with Crippen LogP contribution in [0.5, 0.6) is 5.75 Å². The first-order valence-corrected chi connectivity index (χ1v) is 12.1. The van der Waals surface area contributed by atoms with Gasteiger partial charge in [0.1, 0.15) is 18.1 Å². The van der Waals surface area contributed by atoms with Crippen LogP contribution in [-0.4, -0.2) is 46.8 Å². The number of carbonyl (C=O) groups is 2. The van der Waals surface area contributed by atoms with Gasteiger partial charge in [0.15, 0.2) is 0 Å². The summed E-state index contributed by atoms with van der Waals surface area (Å²) in [5.74, 6) is 1.17. The van der Waals surface area contributed by atoms with E-state index in [0.717, 1.165) is 22.7 Å². The summed E-state index contributed by atoms with van der Waals surface area (Å²) in [6, 6.07) is 16.6. The van der Waals surface area contributed by atoms with Crippen LogP contribution in [0, 0.1) is 12.8 Å². The molecule has 0 unspecified atom stereocenters. The van der Waals surface area contributed by atoms with Crippen molar-refractivity contribution >= 4 is 23.4 Å². The van der Waals surface area contributed by atoms with E-state index in [-0.39, 0.29) is 29.8 Å². The van der Waals surface area contributed by atoms with Gasteiger partial charge in [0.25, 0.3) is 0 Å². The molecule has 0 bridgehead atoms. The second kappa shape index (κ2) is 11.3. The molecule has 2 N–H and O–H groups in total. The summed E-state index contributed by atoms with van der Waals surface area (Å²) < 4.78 is 6.97. The molecule has 0 aliphatic carbocycles. The van der Waals surface area contributed by atoms with Crippen molar-refractivity contribution in [2.45, 2.75) is 47.0 Å². The number of rotatable bonds is 8. The predicted molar refractivity (Wildman–Crippen MR) is 144 cm³/mol. The van der Waals surface area contributed by atoms with Crippen LogP contribution in [-0.2, 0) is 10.2 Å². The van der Waals surface area contributed by atoms with Gasteiger partial charge in [0.2, 0.25) is 5.91 Å². The van der Waals surface area contributed by atoms with Crippen molar-refractivity contribution in [3.8, 4) is 11.4 Å². The molecule has 0 aliphatic heterocycles. The topological polar surface area (TPSA) is 88.5 Å². The SMILES string of the molecule is COc1ccc(-n2nc(C(C)(C)C)cc2NC(=O)CN(CC(C)C)C(=O)Nc2cccc(C)c2)cc1. The lowest BCUT2D eigenvalue weighted by molar-refractivity contribution is -0.116. The predicted octanol–water partition coefficient (Wildman–Crippen LogP) is 5.62. The highest BCUT2D eigenvalue weighted by atomic mass is 16.5. The summed E-state index contributed by atoms with van der Waals surface area (Å²) in [6.45, 7) is 12.5. The minimum atomic E-state index is -0.316. The van der Waals surface area contributed by atoms with Crippen molar-refractivity contribution in [3.05, 3.63) is 65.9 Å². The Bertz CT molecular complexity index is 1190. The van der Waals surface area contributed by atoms with E-state index in [9.17, 15) is 9.59 Å². The Hall–Kier alpha value is -3.81. The zero-order valence-electron chi connectivity index (χ0n) is 22.3. The van der Waals surface area contributed by atoms with Crippen LogP contribution < -0.4 is 15.4 Å². The quantitative estimate of drug-likeness (QED) is 0.428. The highest BCUT2D eigenvalue weighted by Gasteiger charge is 2.23. The Morgan fingerprint density at radius 2 is 1.75 bits per heavy atom. The van der Waals surface area contributed by atoms with Crippen molar-refractivity contribution in [2.75, 3.05) is 30.8 Å². The minimum absolute atomic E-state index is 0.0888. The Labute approximate surface area is 213 Å². The van der Waals surface area contributed by atoms with E-state index in [1.807, 2.05) is 75.4 Å². The maximum Gasteiger partial charge on any atom is 0.322 e. The number of amides is 3. The van der Waals surface area contributed by atoms with Gasteiger partial charge in [0, 0.05) is 23.7 Å². The van der Waals surface area contributed by atoms with Gasteiger partial charge in [-0.1, -0.05) is 46.8 Å². The number of aromatic nitrogens is 2. The summed E-state index contributed by atoms with van der Waals surface area (Å²) >= 11 is 0. The Balaban J connectivity index is 1.82. The van der Waals surface area contributed by atoms with Crippen molar-refractivity contribution < 1.29 is 14.3 Å². The largest absolute Gasteiger partial charge is 0.497 e. The summed E-state index contributed by atoms with van der Waals surface area (Å²) in [7, 11) is 1.62. The molecule has 1 aromatic heterocycles. The molecule has 0 aliphatic rings. The first kappa shape index (κ1) is 26.8. The maximum atomic E-state index is 13.2. The number of nitrogens with zero attached hydrogens (tertiary/aromatic N) is 3. The molecule has 0 spiro atoms. The molecule has 0 fully saturated rings. The van der Waals surface area contributed by atoms with Gasteiger partial charge in [0.05, 0.1) is 18.5 Å². The fraction of sp³-hybridized carbons (Fsp3) is 0.393. The second-order valence-corrected chi connectivity index (χ2v) is 10.4. The number of hydrogen-bond acceptors (Lipinski definition) is 4. The number of aryl methyl sites for hydroxylation is 1. The summed E-state index contributed by atoms with van der Waals surface area (Å²) in [5.41, 5.74) is 3.15. The summed E-state index contributed by atoms with van der Waals surface area (Å²) in [6.07, 6.45) is 0. The van der Waals surface area contributed by atoms with Crippen molar-refractivity contribution in [1.29, 1.82) is 0 Å². The molecule has 8 heteroatoms. The lowest BCUT2D eigenvalue weighted by Gasteiger charge is -2.24. The van der Waals surface area contributed by atoms with E-state index in [0.29, 0.717) is 18.1 Å². The van der Waals surface area contributed by atoms with Crippen LogP contribution in [0.4, 0.5) is 16.3 Å². The minimum Gasteiger partial charge on any atom is -0.497 e. The third kappa shape index (κ3) is 7.10. The van der Waals surface area contributed by atoms with Crippen molar-refractivity contribution in [1.82, 2.24) is 14.7 Å². The molecule has 36 heavy (non-hydrogen) atoms. The number of ether oxygens (including phenoxy) is 1. The molecular formula is C28H37N5O3. The zero-order valence-corrected chi connectivity index (χ0v) is 22.3. The van der Waals surface area contributed by atoms with Crippen LogP contribution in [0.2, 0.25) is 0 Å². The number of carbonyl (C=O) groups excluding carboxylic acids is 2. The lowest BCUT2D eigenvalue weighted by Crippen LogP contribution is -2.42. The van der Waals surface area contributed by atoms with Gasteiger partial charge >= 0.3 is 6.03 Å². The number of anilines is 2. The molecule has 8 nitrogen and oxygen atoms in total. The van der Waals surface area contributed by atoms with Gasteiger partial charge in [-0.2, -0.15) is 5.10 Å². The van der Waals surface area contributed by atoms with Crippen LogP contribution in [0.25, 0.3) is 5.69 Å². The van der Waals surface area contributed by atoms with E-state index in [1.54, 1.807) is 11.8 Å². The molecule has 1 heterocycles. The average Bonchev–Trinajstić information content (AvgIpc) is 3.22. The maximum absolute atomic E-state index is 13.2. The molecule has 0 saturated carbocycles. The molecule has 0 atom stereocenters. The van der Waals surface area contributed by atoms with Crippen molar-refractivity contribution in [2.24, 2.45) is 5.92 Å². The first-order valence-electron chi connectivity index (χ1n) is 12.1. The van der Waals surface area contributed by atoms with Gasteiger partial charge in [-0.25, -0.2) is 9.48 Å². The normalized spacial score (nSPS) is 11.3. The Morgan fingerprint density at radius 3 is 2.33 bits per heavy atom. The van der Waals surface area contributed by atoms with E-state index >= 15 is 0 Å². The summed E-state index contributed by atoms with van der Waals surface area (Å²) in [5, 5.41) is 10.6.